The van der Waals surface area contributed by atoms with E-state index in [0.717, 1.165) is 29.7 Å². The van der Waals surface area contributed by atoms with Crippen LogP contribution in [0, 0.1) is 6.92 Å². The zero-order chi connectivity index (χ0) is 15.0. The molecule has 5 nitrogen and oxygen atoms in total. The van der Waals surface area contributed by atoms with E-state index in [0.29, 0.717) is 19.0 Å². The van der Waals surface area contributed by atoms with Gasteiger partial charge in [-0.1, -0.05) is 12.1 Å². The van der Waals surface area contributed by atoms with Gasteiger partial charge < -0.3 is 9.67 Å². The summed E-state index contributed by atoms with van der Waals surface area (Å²) in [6.07, 6.45) is 2.70. The molecule has 1 atom stereocenters. The number of benzene rings is 1. The van der Waals surface area contributed by atoms with Crippen molar-refractivity contribution in [3.05, 3.63) is 30.1 Å². The van der Waals surface area contributed by atoms with E-state index in [1.165, 1.54) is 0 Å². The third-order valence-corrected chi connectivity index (χ3v) is 4.25. The van der Waals surface area contributed by atoms with E-state index in [1.54, 1.807) is 6.92 Å². The Labute approximate surface area is 124 Å². The second kappa shape index (κ2) is 5.15. The summed E-state index contributed by atoms with van der Waals surface area (Å²) in [5.74, 6) is 0.145. The van der Waals surface area contributed by atoms with E-state index < -0.39 is 11.5 Å². The van der Waals surface area contributed by atoms with Gasteiger partial charge in [-0.05, 0) is 45.2 Å². The maximum atomic E-state index is 11.6. The van der Waals surface area contributed by atoms with Crippen LogP contribution in [-0.4, -0.2) is 32.2 Å². The van der Waals surface area contributed by atoms with Crippen molar-refractivity contribution in [2.24, 2.45) is 0 Å². The number of aromatic nitrogens is 2. The average molecular weight is 287 g/mol. The van der Waals surface area contributed by atoms with Crippen LogP contribution < -0.4 is 5.32 Å². The fourth-order valence-electron chi connectivity index (χ4n) is 2.73. The first-order valence-electron chi connectivity index (χ1n) is 7.42. The Bertz CT molecular complexity index is 675. The predicted octanol–water partition coefficient (Wildman–Crippen LogP) is 2.33. The number of nitrogens with zero attached hydrogens (tertiary/aromatic N) is 2. The first-order chi connectivity index (χ1) is 9.99. The van der Waals surface area contributed by atoms with Crippen LogP contribution >= 0.6 is 0 Å². The van der Waals surface area contributed by atoms with E-state index in [2.05, 4.69) is 14.9 Å². The molecule has 1 aromatic heterocycles. The number of hydrogen-bond donors (Lipinski definition) is 2. The van der Waals surface area contributed by atoms with Gasteiger partial charge in [-0.3, -0.25) is 10.1 Å². The molecular weight excluding hydrogens is 266 g/mol. The molecule has 5 heteroatoms. The summed E-state index contributed by atoms with van der Waals surface area (Å²) in [6, 6.07) is 8.33. The van der Waals surface area contributed by atoms with E-state index in [-0.39, 0.29) is 0 Å². The molecule has 0 saturated heterocycles. The number of aliphatic carboxylic acids is 1. The van der Waals surface area contributed by atoms with Gasteiger partial charge in [0, 0.05) is 12.6 Å². The Morgan fingerprint density at radius 1 is 1.48 bits per heavy atom. The number of carboxylic acid groups (broad SMARTS) is 1. The highest BCUT2D eigenvalue weighted by atomic mass is 16.4. The normalized spacial score (nSPS) is 17.8. The second-order valence-electron chi connectivity index (χ2n) is 6.11. The van der Waals surface area contributed by atoms with Crippen LogP contribution in [0.3, 0.4) is 0 Å². The summed E-state index contributed by atoms with van der Waals surface area (Å²) in [7, 11) is 0. The van der Waals surface area contributed by atoms with Crippen molar-refractivity contribution < 1.29 is 9.90 Å². The van der Waals surface area contributed by atoms with Gasteiger partial charge >= 0.3 is 5.97 Å². The van der Waals surface area contributed by atoms with Crippen LogP contribution in [0.1, 0.15) is 32.0 Å². The topological polar surface area (TPSA) is 67.2 Å². The van der Waals surface area contributed by atoms with Crippen LogP contribution in [0.5, 0.6) is 0 Å². The molecule has 0 bridgehead atoms. The Morgan fingerprint density at radius 2 is 2.19 bits per heavy atom. The zero-order valence-corrected chi connectivity index (χ0v) is 12.5. The number of fused-ring (bicyclic) bond motifs is 1. The summed E-state index contributed by atoms with van der Waals surface area (Å²) in [5, 5.41) is 12.8. The van der Waals surface area contributed by atoms with Crippen molar-refractivity contribution in [2.45, 2.75) is 51.2 Å². The minimum Gasteiger partial charge on any atom is -0.480 e. The Hall–Kier alpha value is -1.88. The minimum atomic E-state index is -0.876. The smallest absolute Gasteiger partial charge is 0.323 e. The fourth-order valence-corrected chi connectivity index (χ4v) is 2.73. The number of hydrogen-bond acceptors (Lipinski definition) is 3. The van der Waals surface area contributed by atoms with Gasteiger partial charge in [0.2, 0.25) is 0 Å². The van der Waals surface area contributed by atoms with Crippen LogP contribution in [0.4, 0.5) is 0 Å². The van der Waals surface area contributed by atoms with Gasteiger partial charge in [-0.15, -0.1) is 0 Å². The summed E-state index contributed by atoms with van der Waals surface area (Å²) in [4.78, 5) is 16.1. The lowest BCUT2D eigenvalue weighted by molar-refractivity contribution is -0.144. The lowest BCUT2D eigenvalue weighted by atomic mass is 9.97. The summed E-state index contributed by atoms with van der Waals surface area (Å²) in [5.41, 5.74) is 1.15. The summed E-state index contributed by atoms with van der Waals surface area (Å²) in [6.45, 7) is 4.39. The number of carbonyl (C=O) groups is 1. The molecule has 112 valence electrons. The maximum absolute atomic E-state index is 11.6. The maximum Gasteiger partial charge on any atom is 0.323 e. The van der Waals surface area contributed by atoms with E-state index in [1.807, 2.05) is 31.2 Å². The molecule has 21 heavy (non-hydrogen) atoms. The third-order valence-electron chi connectivity index (χ3n) is 4.25. The molecule has 1 saturated carbocycles. The van der Waals surface area contributed by atoms with Crippen LogP contribution in [-0.2, 0) is 11.3 Å². The van der Waals surface area contributed by atoms with Crippen LogP contribution in [0.15, 0.2) is 24.3 Å². The van der Waals surface area contributed by atoms with Gasteiger partial charge in [-0.25, -0.2) is 4.98 Å². The van der Waals surface area contributed by atoms with Crippen molar-refractivity contribution in [1.82, 2.24) is 14.9 Å². The average Bonchev–Trinajstić information content (AvgIpc) is 3.18. The molecule has 3 rings (SSSR count). The van der Waals surface area contributed by atoms with Crippen LogP contribution in [0.2, 0.25) is 0 Å². The highest BCUT2D eigenvalue weighted by Crippen LogP contribution is 2.25. The molecule has 0 amide bonds. The lowest BCUT2D eigenvalue weighted by Crippen LogP contribution is -2.51. The molecule has 0 radical (unpaired) electrons. The Balaban J connectivity index is 1.81. The van der Waals surface area contributed by atoms with E-state index in [9.17, 15) is 9.90 Å². The highest BCUT2D eigenvalue weighted by molar-refractivity contribution is 5.78. The predicted molar refractivity (Wildman–Crippen MR) is 81.3 cm³/mol. The largest absolute Gasteiger partial charge is 0.480 e. The first-order valence-corrected chi connectivity index (χ1v) is 7.42. The van der Waals surface area contributed by atoms with Crippen molar-refractivity contribution in [3.63, 3.8) is 0 Å². The highest BCUT2D eigenvalue weighted by Gasteiger charge is 2.38. The number of nitrogens with one attached hydrogen (secondary N) is 1. The molecule has 0 spiro atoms. The van der Waals surface area contributed by atoms with Gasteiger partial charge in [0.05, 0.1) is 11.0 Å². The quantitative estimate of drug-likeness (QED) is 0.855. The standard InChI is InChI=1S/C16H21N3O2/c1-11-17-13-5-3-4-6-14(13)19(11)10-9-16(2,15(20)21)18-12-7-8-12/h3-6,12,18H,7-10H2,1-2H3,(H,20,21). The molecule has 1 unspecified atom stereocenters. The zero-order valence-electron chi connectivity index (χ0n) is 12.5. The molecule has 2 N–H and O–H groups in total. The number of aryl methyl sites for hydroxylation is 2. The van der Waals surface area contributed by atoms with Gasteiger partial charge in [0.25, 0.3) is 0 Å². The third kappa shape index (κ3) is 2.78. The molecule has 1 heterocycles. The molecule has 2 aromatic rings. The Morgan fingerprint density at radius 3 is 2.86 bits per heavy atom. The SMILES string of the molecule is Cc1nc2ccccc2n1CCC(C)(NC1CC1)C(=O)O. The number of rotatable bonds is 6. The van der Waals surface area contributed by atoms with Crippen molar-refractivity contribution in [2.75, 3.05) is 0 Å². The van der Waals surface area contributed by atoms with E-state index in [4.69, 9.17) is 0 Å². The van der Waals surface area contributed by atoms with Gasteiger partial charge in [-0.2, -0.15) is 0 Å². The fraction of sp³-hybridized carbons (Fsp3) is 0.500. The van der Waals surface area contributed by atoms with Gasteiger partial charge in [0.15, 0.2) is 0 Å². The van der Waals surface area contributed by atoms with Crippen molar-refractivity contribution >= 4 is 17.0 Å². The molecule has 1 aromatic carbocycles. The molecule has 1 aliphatic rings. The van der Waals surface area contributed by atoms with Crippen LogP contribution in [0.25, 0.3) is 11.0 Å². The number of carboxylic acids is 1. The Kier molecular flexibility index (Phi) is 3.45. The van der Waals surface area contributed by atoms with Gasteiger partial charge in [0.1, 0.15) is 11.4 Å². The van der Waals surface area contributed by atoms with E-state index >= 15 is 0 Å². The van der Waals surface area contributed by atoms with Crippen molar-refractivity contribution in [3.8, 4) is 0 Å². The van der Waals surface area contributed by atoms with Crippen molar-refractivity contribution in [1.29, 1.82) is 0 Å². The molecular formula is C16H21N3O2. The summed E-state index contributed by atoms with van der Waals surface area (Å²) < 4.78 is 2.10. The molecule has 1 fully saturated rings. The monoisotopic (exact) mass is 287 g/mol. The summed E-state index contributed by atoms with van der Waals surface area (Å²) >= 11 is 0. The molecule has 1 aliphatic carbocycles. The minimum absolute atomic E-state index is 0.367. The molecule has 0 aliphatic heterocycles. The second-order valence-corrected chi connectivity index (χ2v) is 6.11. The number of para-hydroxylation sites is 2. The number of imidazole rings is 1. The lowest BCUT2D eigenvalue weighted by Gasteiger charge is -2.27. The first kappa shape index (κ1) is 14.1.